The second kappa shape index (κ2) is 7.90. The number of fused-ring (bicyclic) bond motifs is 1. The molecule has 0 bridgehead atoms. The number of hydrogen-bond acceptors (Lipinski definition) is 5. The standard InChI is InChI=1S/C21H23N5O3/c1-2-25-19-17(9-6-10-22-19)26(21(29)20(25)28)15-18(27)24-13-11-23(12-14-24)16-7-4-3-5-8-16/h3-10H,2,11-15H2,1H3. The molecule has 1 aliphatic rings. The Bertz CT molecular complexity index is 1140. The van der Waals surface area contributed by atoms with Gasteiger partial charge in [0.15, 0.2) is 5.65 Å². The summed E-state index contributed by atoms with van der Waals surface area (Å²) in [6.45, 7) is 4.57. The van der Waals surface area contributed by atoms with E-state index in [0.717, 1.165) is 18.8 Å². The molecular formula is C21H23N5O3. The quantitative estimate of drug-likeness (QED) is 0.616. The average molecular weight is 393 g/mol. The van der Waals surface area contributed by atoms with Crippen molar-refractivity contribution in [3.05, 3.63) is 69.4 Å². The number of anilines is 1. The Morgan fingerprint density at radius 1 is 0.931 bits per heavy atom. The first-order valence-corrected chi connectivity index (χ1v) is 9.76. The van der Waals surface area contributed by atoms with Crippen molar-refractivity contribution in [2.24, 2.45) is 0 Å². The van der Waals surface area contributed by atoms with Gasteiger partial charge in [0.25, 0.3) is 0 Å². The topological polar surface area (TPSA) is 80.4 Å². The molecule has 3 heterocycles. The molecule has 0 aliphatic carbocycles. The lowest BCUT2D eigenvalue weighted by Gasteiger charge is -2.36. The monoisotopic (exact) mass is 393 g/mol. The highest BCUT2D eigenvalue weighted by atomic mass is 16.2. The van der Waals surface area contributed by atoms with Crippen molar-refractivity contribution in [2.45, 2.75) is 20.0 Å². The molecule has 150 valence electrons. The molecule has 3 aromatic rings. The van der Waals surface area contributed by atoms with Crippen molar-refractivity contribution in [2.75, 3.05) is 31.1 Å². The van der Waals surface area contributed by atoms with Crippen molar-refractivity contribution in [3.8, 4) is 0 Å². The fraction of sp³-hybridized carbons (Fsp3) is 0.333. The van der Waals surface area contributed by atoms with Crippen LogP contribution < -0.4 is 16.0 Å². The molecule has 0 spiro atoms. The maximum Gasteiger partial charge on any atom is 0.318 e. The lowest BCUT2D eigenvalue weighted by Crippen LogP contribution is -2.51. The highest BCUT2D eigenvalue weighted by molar-refractivity contribution is 5.79. The van der Waals surface area contributed by atoms with Gasteiger partial charge in [-0.3, -0.25) is 23.5 Å². The van der Waals surface area contributed by atoms with Gasteiger partial charge in [0.05, 0.1) is 5.52 Å². The Labute approximate surface area is 167 Å². The molecule has 29 heavy (non-hydrogen) atoms. The molecular weight excluding hydrogens is 370 g/mol. The number of aromatic nitrogens is 3. The smallest absolute Gasteiger partial charge is 0.318 e. The van der Waals surface area contributed by atoms with Gasteiger partial charge in [-0.1, -0.05) is 18.2 Å². The summed E-state index contributed by atoms with van der Waals surface area (Å²) in [7, 11) is 0. The van der Waals surface area contributed by atoms with E-state index in [0.29, 0.717) is 30.8 Å². The van der Waals surface area contributed by atoms with Crippen LogP contribution in [0.25, 0.3) is 11.2 Å². The van der Waals surface area contributed by atoms with E-state index in [1.54, 1.807) is 30.2 Å². The van der Waals surface area contributed by atoms with Crippen LogP contribution in [0, 0.1) is 0 Å². The minimum Gasteiger partial charge on any atom is -0.368 e. The number of aryl methyl sites for hydroxylation is 1. The fourth-order valence-electron chi connectivity index (χ4n) is 3.78. The number of amides is 1. The number of benzene rings is 1. The average Bonchev–Trinajstić information content (AvgIpc) is 2.78. The second-order valence-electron chi connectivity index (χ2n) is 6.99. The van der Waals surface area contributed by atoms with Crippen LogP contribution in [0.5, 0.6) is 0 Å². The van der Waals surface area contributed by atoms with Gasteiger partial charge in [0.2, 0.25) is 5.91 Å². The number of pyridine rings is 1. The Kier molecular flexibility index (Phi) is 5.16. The Morgan fingerprint density at radius 3 is 2.31 bits per heavy atom. The summed E-state index contributed by atoms with van der Waals surface area (Å²) in [5.74, 6) is -0.168. The zero-order valence-corrected chi connectivity index (χ0v) is 16.3. The molecule has 8 nitrogen and oxygen atoms in total. The molecule has 0 N–H and O–H groups in total. The molecule has 1 saturated heterocycles. The van der Waals surface area contributed by atoms with E-state index in [-0.39, 0.29) is 12.5 Å². The Morgan fingerprint density at radius 2 is 1.62 bits per heavy atom. The zero-order chi connectivity index (χ0) is 20.4. The third-order valence-electron chi connectivity index (χ3n) is 5.35. The van der Waals surface area contributed by atoms with Crippen LogP contribution in [0.3, 0.4) is 0 Å². The number of para-hydroxylation sites is 1. The number of carbonyl (C=O) groups excluding carboxylic acids is 1. The zero-order valence-electron chi connectivity index (χ0n) is 16.3. The normalized spacial score (nSPS) is 14.4. The second-order valence-corrected chi connectivity index (χ2v) is 6.99. The first-order chi connectivity index (χ1) is 14.1. The predicted octanol–water partition coefficient (Wildman–Crippen LogP) is 0.927. The third kappa shape index (κ3) is 3.53. The van der Waals surface area contributed by atoms with E-state index >= 15 is 0 Å². The highest BCUT2D eigenvalue weighted by Crippen LogP contribution is 2.16. The SMILES string of the molecule is CCn1c(=O)c(=O)n(CC(=O)N2CCN(c3ccccc3)CC2)c2cccnc21. The summed E-state index contributed by atoms with van der Waals surface area (Å²) in [6, 6.07) is 13.5. The molecule has 0 atom stereocenters. The van der Waals surface area contributed by atoms with Crippen LogP contribution >= 0.6 is 0 Å². The molecule has 4 rings (SSSR count). The predicted molar refractivity (Wildman–Crippen MR) is 111 cm³/mol. The molecule has 0 saturated carbocycles. The molecule has 0 unspecified atom stereocenters. The van der Waals surface area contributed by atoms with Gasteiger partial charge in [0, 0.05) is 44.6 Å². The van der Waals surface area contributed by atoms with E-state index in [2.05, 4.69) is 22.0 Å². The van der Waals surface area contributed by atoms with Gasteiger partial charge < -0.3 is 9.80 Å². The van der Waals surface area contributed by atoms with E-state index in [9.17, 15) is 14.4 Å². The van der Waals surface area contributed by atoms with Crippen LogP contribution in [0.2, 0.25) is 0 Å². The summed E-state index contributed by atoms with van der Waals surface area (Å²) in [4.78, 5) is 46.2. The van der Waals surface area contributed by atoms with Crippen LogP contribution in [0.4, 0.5) is 5.69 Å². The summed E-state index contributed by atoms with van der Waals surface area (Å²) in [5.41, 5.74) is 0.705. The Balaban J connectivity index is 1.55. The lowest BCUT2D eigenvalue weighted by molar-refractivity contribution is -0.132. The summed E-state index contributed by atoms with van der Waals surface area (Å²) in [5, 5.41) is 0. The summed E-state index contributed by atoms with van der Waals surface area (Å²) in [6.07, 6.45) is 1.58. The van der Waals surface area contributed by atoms with E-state index in [4.69, 9.17) is 0 Å². The number of nitrogens with zero attached hydrogens (tertiary/aromatic N) is 5. The summed E-state index contributed by atoms with van der Waals surface area (Å²) >= 11 is 0. The molecule has 0 radical (unpaired) electrons. The lowest BCUT2D eigenvalue weighted by atomic mass is 10.2. The number of rotatable bonds is 4. The van der Waals surface area contributed by atoms with Gasteiger partial charge >= 0.3 is 11.1 Å². The van der Waals surface area contributed by atoms with Crippen LogP contribution in [-0.4, -0.2) is 51.1 Å². The number of hydrogen-bond donors (Lipinski definition) is 0. The van der Waals surface area contributed by atoms with Crippen molar-refractivity contribution >= 4 is 22.8 Å². The highest BCUT2D eigenvalue weighted by Gasteiger charge is 2.23. The first kappa shape index (κ1) is 18.9. The minimum atomic E-state index is -0.691. The van der Waals surface area contributed by atoms with Gasteiger partial charge in [0.1, 0.15) is 6.54 Å². The van der Waals surface area contributed by atoms with Crippen LogP contribution in [-0.2, 0) is 17.9 Å². The Hall–Kier alpha value is -3.42. The maximum atomic E-state index is 12.9. The van der Waals surface area contributed by atoms with Gasteiger partial charge in [-0.25, -0.2) is 4.98 Å². The van der Waals surface area contributed by atoms with Crippen LogP contribution in [0.15, 0.2) is 58.3 Å². The van der Waals surface area contributed by atoms with Gasteiger partial charge in [-0.05, 0) is 31.2 Å². The molecule has 1 amide bonds. The number of carbonyl (C=O) groups is 1. The van der Waals surface area contributed by atoms with Gasteiger partial charge in [-0.15, -0.1) is 0 Å². The summed E-state index contributed by atoms with van der Waals surface area (Å²) < 4.78 is 2.60. The fourth-order valence-corrected chi connectivity index (χ4v) is 3.78. The van der Waals surface area contributed by atoms with Crippen LogP contribution in [0.1, 0.15) is 6.92 Å². The first-order valence-electron chi connectivity index (χ1n) is 9.76. The van der Waals surface area contributed by atoms with E-state index in [1.165, 1.54) is 9.13 Å². The van der Waals surface area contributed by atoms with Gasteiger partial charge in [-0.2, -0.15) is 0 Å². The van der Waals surface area contributed by atoms with Crippen molar-refractivity contribution in [1.29, 1.82) is 0 Å². The number of piperazine rings is 1. The van der Waals surface area contributed by atoms with E-state index in [1.807, 2.05) is 18.2 Å². The maximum absolute atomic E-state index is 12.9. The molecule has 8 heteroatoms. The molecule has 1 fully saturated rings. The third-order valence-corrected chi connectivity index (χ3v) is 5.35. The van der Waals surface area contributed by atoms with Crippen molar-refractivity contribution in [1.82, 2.24) is 19.0 Å². The van der Waals surface area contributed by atoms with Crippen molar-refractivity contribution in [3.63, 3.8) is 0 Å². The van der Waals surface area contributed by atoms with Crippen molar-refractivity contribution < 1.29 is 4.79 Å². The molecule has 2 aromatic heterocycles. The minimum absolute atomic E-state index is 0.161. The molecule has 1 aliphatic heterocycles. The largest absolute Gasteiger partial charge is 0.368 e. The molecule has 1 aromatic carbocycles. The van der Waals surface area contributed by atoms with E-state index < -0.39 is 11.1 Å².